The summed E-state index contributed by atoms with van der Waals surface area (Å²) in [6.07, 6.45) is 0.825. The smallest absolute Gasteiger partial charge is 0.251 e. The Balaban J connectivity index is 2.16. The second-order valence-corrected chi connectivity index (χ2v) is 5.02. The number of rotatable bonds is 7. The lowest BCUT2D eigenvalue weighted by molar-refractivity contribution is 0.0925. The number of hydrogen-bond acceptors (Lipinski definition) is 2. The molecule has 0 saturated carbocycles. The molecule has 0 aromatic heterocycles. The zero-order chi connectivity index (χ0) is 13.4. The molecule has 0 atom stereocenters. The predicted molar refractivity (Wildman–Crippen MR) is 74.1 cm³/mol. The Kier molecular flexibility index (Phi) is 6.76. The maximum absolute atomic E-state index is 11.7. The van der Waals surface area contributed by atoms with Crippen molar-refractivity contribution in [3.63, 3.8) is 0 Å². The van der Waals surface area contributed by atoms with Gasteiger partial charge in [0.2, 0.25) is 0 Å². The lowest BCUT2D eigenvalue weighted by atomic mass is 10.2. The van der Waals surface area contributed by atoms with Gasteiger partial charge < -0.3 is 10.1 Å². The van der Waals surface area contributed by atoms with Crippen LogP contribution in [0.3, 0.4) is 0 Å². The normalized spacial score (nSPS) is 10.7. The molecule has 0 fully saturated rings. The molecule has 1 rings (SSSR count). The summed E-state index contributed by atoms with van der Waals surface area (Å²) in [6.45, 7) is 6.30. The van der Waals surface area contributed by atoms with E-state index in [4.69, 9.17) is 16.3 Å². The average Bonchev–Trinajstić information content (AvgIpc) is 2.34. The lowest BCUT2D eigenvalue weighted by Crippen LogP contribution is -2.25. The monoisotopic (exact) mass is 269 g/mol. The summed E-state index contributed by atoms with van der Waals surface area (Å²) in [7, 11) is 0. The molecule has 0 radical (unpaired) electrons. The van der Waals surface area contributed by atoms with E-state index in [1.54, 1.807) is 24.3 Å². The van der Waals surface area contributed by atoms with Crippen molar-refractivity contribution in [3.8, 4) is 0 Å². The van der Waals surface area contributed by atoms with Gasteiger partial charge in [0.1, 0.15) is 0 Å². The highest BCUT2D eigenvalue weighted by molar-refractivity contribution is 6.30. The molecule has 1 N–H and O–H groups in total. The van der Waals surface area contributed by atoms with E-state index in [1.165, 1.54) is 0 Å². The molecule has 100 valence electrons. The third kappa shape index (κ3) is 6.03. The van der Waals surface area contributed by atoms with E-state index in [-0.39, 0.29) is 5.91 Å². The van der Waals surface area contributed by atoms with Gasteiger partial charge in [-0.1, -0.05) is 25.4 Å². The second kappa shape index (κ2) is 8.11. The van der Waals surface area contributed by atoms with Crippen LogP contribution in [0, 0.1) is 5.92 Å². The number of carbonyl (C=O) groups excluding carboxylic acids is 1. The minimum atomic E-state index is -0.0736. The van der Waals surface area contributed by atoms with Gasteiger partial charge in [-0.25, -0.2) is 0 Å². The Morgan fingerprint density at radius 1 is 1.33 bits per heavy atom. The van der Waals surface area contributed by atoms with Crippen LogP contribution in [0.15, 0.2) is 24.3 Å². The predicted octanol–water partition coefficient (Wildman–Crippen LogP) is 3.13. The first-order valence-electron chi connectivity index (χ1n) is 6.21. The van der Waals surface area contributed by atoms with Gasteiger partial charge in [0.25, 0.3) is 5.91 Å². The molecule has 0 spiro atoms. The maximum atomic E-state index is 11.7. The van der Waals surface area contributed by atoms with Gasteiger partial charge in [0, 0.05) is 30.3 Å². The van der Waals surface area contributed by atoms with E-state index in [1.807, 2.05) is 0 Å². The Bertz CT molecular complexity index is 363. The molecule has 0 heterocycles. The Morgan fingerprint density at radius 2 is 2.00 bits per heavy atom. The number of amides is 1. The molecule has 0 bridgehead atoms. The van der Waals surface area contributed by atoms with Crippen molar-refractivity contribution < 1.29 is 9.53 Å². The van der Waals surface area contributed by atoms with Gasteiger partial charge in [0.15, 0.2) is 0 Å². The van der Waals surface area contributed by atoms with E-state index in [9.17, 15) is 4.79 Å². The number of ether oxygens (including phenoxy) is 1. The van der Waals surface area contributed by atoms with Crippen LogP contribution in [0.25, 0.3) is 0 Å². The molecule has 18 heavy (non-hydrogen) atoms. The highest BCUT2D eigenvalue weighted by atomic mass is 35.5. The fraction of sp³-hybridized carbons (Fsp3) is 0.500. The van der Waals surface area contributed by atoms with Crippen LogP contribution in [0.1, 0.15) is 30.6 Å². The first kappa shape index (κ1) is 15.0. The van der Waals surface area contributed by atoms with Crippen LogP contribution in [0.2, 0.25) is 5.02 Å². The largest absolute Gasteiger partial charge is 0.381 e. The van der Waals surface area contributed by atoms with Crippen molar-refractivity contribution in [3.05, 3.63) is 34.9 Å². The minimum Gasteiger partial charge on any atom is -0.381 e. The SMILES string of the molecule is CC(C)COCCCNC(=O)c1ccc(Cl)cc1. The summed E-state index contributed by atoms with van der Waals surface area (Å²) < 4.78 is 5.43. The zero-order valence-corrected chi connectivity index (χ0v) is 11.7. The highest BCUT2D eigenvalue weighted by Crippen LogP contribution is 2.09. The molecule has 0 saturated heterocycles. The van der Waals surface area contributed by atoms with Crippen molar-refractivity contribution >= 4 is 17.5 Å². The van der Waals surface area contributed by atoms with Crippen molar-refractivity contribution in [1.82, 2.24) is 5.32 Å². The number of benzene rings is 1. The van der Waals surface area contributed by atoms with Crippen LogP contribution in [0.4, 0.5) is 0 Å². The molecule has 0 unspecified atom stereocenters. The van der Waals surface area contributed by atoms with Crippen LogP contribution in [0.5, 0.6) is 0 Å². The van der Waals surface area contributed by atoms with Gasteiger partial charge in [-0.3, -0.25) is 4.79 Å². The van der Waals surface area contributed by atoms with Crippen molar-refractivity contribution in [1.29, 1.82) is 0 Å². The van der Waals surface area contributed by atoms with Gasteiger partial charge in [-0.2, -0.15) is 0 Å². The third-order valence-electron chi connectivity index (χ3n) is 2.31. The van der Waals surface area contributed by atoms with E-state index in [2.05, 4.69) is 19.2 Å². The summed E-state index contributed by atoms with van der Waals surface area (Å²) in [4.78, 5) is 11.7. The molecule has 0 aliphatic heterocycles. The van der Waals surface area contributed by atoms with Crippen LogP contribution < -0.4 is 5.32 Å². The van der Waals surface area contributed by atoms with E-state index in [0.29, 0.717) is 29.7 Å². The average molecular weight is 270 g/mol. The topological polar surface area (TPSA) is 38.3 Å². The number of halogens is 1. The Morgan fingerprint density at radius 3 is 2.61 bits per heavy atom. The number of carbonyl (C=O) groups is 1. The van der Waals surface area contributed by atoms with Gasteiger partial charge in [0.05, 0.1) is 0 Å². The quantitative estimate of drug-likeness (QED) is 0.773. The number of nitrogens with one attached hydrogen (secondary N) is 1. The van der Waals surface area contributed by atoms with Crippen LogP contribution in [-0.4, -0.2) is 25.7 Å². The maximum Gasteiger partial charge on any atom is 0.251 e. The van der Waals surface area contributed by atoms with E-state index in [0.717, 1.165) is 13.0 Å². The molecule has 1 aromatic carbocycles. The number of hydrogen-bond donors (Lipinski definition) is 1. The standard InChI is InChI=1S/C14H20ClNO2/c1-11(2)10-18-9-3-8-16-14(17)12-4-6-13(15)7-5-12/h4-7,11H,3,8-10H2,1-2H3,(H,16,17). The van der Waals surface area contributed by atoms with Crippen LogP contribution >= 0.6 is 11.6 Å². The summed E-state index contributed by atoms with van der Waals surface area (Å²) in [6, 6.07) is 6.85. The van der Waals surface area contributed by atoms with E-state index < -0.39 is 0 Å². The molecule has 0 aliphatic carbocycles. The van der Waals surface area contributed by atoms with Crippen molar-refractivity contribution in [2.24, 2.45) is 5.92 Å². The Labute approximate surface area is 113 Å². The van der Waals surface area contributed by atoms with Crippen molar-refractivity contribution in [2.45, 2.75) is 20.3 Å². The summed E-state index contributed by atoms with van der Waals surface area (Å²) in [5, 5.41) is 3.48. The first-order chi connectivity index (χ1) is 8.59. The Hall–Kier alpha value is -1.06. The fourth-order valence-electron chi connectivity index (χ4n) is 1.40. The molecule has 0 aliphatic rings. The second-order valence-electron chi connectivity index (χ2n) is 4.59. The minimum absolute atomic E-state index is 0.0736. The summed E-state index contributed by atoms with van der Waals surface area (Å²) in [5.74, 6) is 0.476. The molecule has 4 heteroatoms. The zero-order valence-electron chi connectivity index (χ0n) is 10.9. The third-order valence-corrected chi connectivity index (χ3v) is 2.56. The molecule has 1 aromatic rings. The van der Waals surface area contributed by atoms with Crippen LogP contribution in [-0.2, 0) is 4.74 Å². The molecular formula is C14H20ClNO2. The first-order valence-corrected chi connectivity index (χ1v) is 6.59. The summed E-state index contributed by atoms with van der Waals surface area (Å²) in [5.41, 5.74) is 0.627. The lowest BCUT2D eigenvalue weighted by Gasteiger charge is -2.07. The van der Waals surface area contributed by atoms with Gasteiger partial charge in [-0.05, 0) is 36.6 Å². The molecule has 1 amide bonds. The molecular weight excluding hydrogens is 250 g/mol. The van der Waals surface area contributed by atoms with Gasteiger partial charge >= 0.3 is 0 Å². The summed E-state index contributed by atoms with van der Waals surface area (Å²) >= 11 is 5.76. The van der Waals surface area contributed by atoms with Crippen molar-refractivity contribution in [2.75, 3.05) is 19.8 Å². The highest BCUT2D eigenvalue weighted by Gasteiger charge is 2.03. The molecule has 3 nitrogen and oxygen atoms in total. The van der Waals surface area contributed by atoms with E-state index >= 15 is 0 Å². The van der Waals surface area contributed by atoms with Gasteiger partial charge in [-0.15, -0.1) is 0 Å². The fourth-order valence-corrected chi connectivity index (χ4v) is 1.52.